The lowest BCUT2D eigenvalue weighted by Crippen LogP contribution is -2.25. The van der Waals surface area contributed by atoms with Gasteiger partial charge in [0.2, 0.25) is 0 Å². The Balaban J connectivity index is 1.60. The van der Waals surface area contributed by atoms with Crippen molar-refractivity contribution >= 4 is 11.3 Å². The summed E-state index contributed by atoms with van der Waals surface area (Å²) in [5, 5.41) is 5.92. The zero-order valence-corrected chi connectivity index (χ0v) is 12.2. The lowest BCUT2D eigenvalue weighted by Gasteiger charge is -2.23. The number of nitrogens with one attached hydrogen (secondary N) is 1. The van der Waals surface area contributed by atoms with Crippen LogP contribution in [-0.2, 0) is 11.2 Å². The number of ether oxygens (including phenoxy) is 1. The lowest BCUT2D eigenvalue weighted by molar-refractivity contribution is 0.128. The van der Waals surface area contributed by atoms with Crippen LogP contribution in [0.4, 0.5) is 0 Å². The number of thiophene rings is 1. The highest BCUT2D eigenvalue weighted by atomic mass is 32.1. The van der Waals surface area contributed by atoms with Crippen LogP contribution < -0.4 is 5.32 Å². The number of fused-ring (bicyclic) bond motifs is 1. The molecule has 0 aliphatic heterocycles. The Morgan fingerprint density at radius 1 is 1.39 bits per heavy atom. The summed E-state index contributed by atoms with van der Waals surface area (Å²) in [6.07, 6.45) is 7.44. The first-order valence-corrected chi connectivity index (χ1v) is 8.17. The first-order chi connectivity index (χ1) is 8.92. The molecule has 0 spiro atoms. The van der Waals surface area contributed by atoms with E-state index in [4.69, 9.17) is 4.74 Å². The largest absolute Gasteiger partial charge is 0.381 e. The minimum Gasteiger partial charge on any atom is -0.381 e. The Morgan fingerprint density at radius 2 is 2.28 bits per heavy atom. The lowest BCUT2D eigenvalue weighted by atomic mass is 9.94. The summed E-state index contributed by atoms with van der Waals surface area (Å²) >= 11 is 1.92. The minimum atomic E-state index is 0.593. The summed E-state index contributed by atoms with van der Waals surface area (Å²) in [6.45, 7) is 5.10. The summed E-state index contributed by atoms with van der Waals surface area (Å²) < 4.78 is 5.58. The molecule has 1 N–H and O–H groups in total. The second kappa shape index (κ2) is 7.93. The molecule has 1 aromatic heterocycles. The van der Waals surface area contributed by atoms with Gasteiger partial charge in [0.25, 0.3) is 0 Å². The van der Waals surface area contributed by atoms with Crippen LogP contribution in [0.2, 0.25) is 0 Å². The molecule has 0 saturated carbocycles. The van der Waals surface area contributed by atoms with Crippen LogP contribution in [0.1, 0.15) is 55.5 Å². The zero-order chi connectivity index (χ0) is 12.6. The Labute approximate surface area is 115 Å². The van der Waals surface area contributed by atoms with E-state index >= 15 is 0 Å². The van der Waals surface area contributed by atoms with E-state index in [1.54, 1.807) is 10.4 Å². The Hall–Kier alpha value is -0.380. The van der Waals surface area contributed by atoms with Gasteiger partial charge in [0.15, 0.2) is 0 Å². The number of aryl methyl sites for hydroxylation is 1. The maximum atomic E-state index is 5.58. The molecule has 0 radical (unpaired) electrons. The van der Waals surface area contributed by atoms with Crippen LogP contribution in [-0.4, -0.2) is 19.8 Å². The van der Waals surface area contributed by atoms with E-state index < -0.39 is 0 Å². The molecule has 1 atom stereocenters. The molecule has 0 aromatic carbocycles. The van der Waals surface area contributed by atoms with Crippen LogP contribution in [0.15, 0.2) is 11.4 Å². The van der Waals surface area contributed by atoms with Crippen molar-refractivity contribution in [3.8, 4) is 0 Å². The second-order valence-corrected chi connectivity index (χ2v) is 6.02. The van der Waals surface area contributed by atoms with Gasteiger partial charge in [-0.15, -0.1) is 11.3 Å². The molecule has 2 nitrogen and oxygen atoms in total. The van der Waals surface area contributed by atoms with E-state index in [9.17, 15) is 0 Å². The summed E-state index contributed by atoms with van der Waals surface area (Å²) in [7, 11) is 0. The number of rotatable bonds is 8. The fourth-order valence-corrected chi connectivity index (χ4v) is 3.48. The first-order valence-electron chi connectivity index (χ1n) is 7.29. The van der Waals surface area contributed by atoms with Gasteiger partial charge in [0, 0.05) is 24.1 Å². The smallest absolute Gasteiger partial charge is 0.0478 e. The van der Waals surface area contributed by atoms with Crippen molar-refractivity contribution in [3.63, 3.8) is 0 Å². The Bertz CT molecular complexity index is 337. The fourth-order valence-electron chi connectivity index (χ4n) is 2.50. The van der Waals surface area contributed by atoms with Gasteiger partial charge in [-0.3, -0.25) is 0 Å². The van der Waals surface area contributed by atoms with Crippen molar-refractivity contribution in [2.75, 3.05) is 19.8 Å². The first kappa shape index (κ1) is 14.0. The average molecular weight is 267 g/mol. The average Bonchev–Trinajstić information content (AvgIpc) is 2.86. The van der Waals surface area contributed by atoms with Crippen LogP contribution in [0.5, 0.6) is 0 Å². The third kappa shape index (κ3) is 4.08. The number of unbranched alkanes of at least 4 members (excludes halogenated alkanes) is 1. The molecule has 0 amide bonds. The number of hydrogen-bond acceptors (Lipinski definition) is 3. The van der Waals surface area contributed by atoms with Gasteiger partial charge in [0.1, 0.15) is 0 Å². The van der Waals surface area contributed by atoms with E-state index in [-0.39, 0.29) is 0 Å². The van der Waals surface area contributed by atoms with E-state index in [0.717, 1.165) is 26.2 Å². The predicted molar refractivity (Wildman–Crippen MR) is 78.3 cm³/mol. The quantitative estimate of drug-likeness (QED) is 0.721. The third-order valence-corrected chi connectivity index (χ3v) is 4.55. The zero-order valence-electron chi connectivity index (χ0n) is 11.4. The molecule has 1 aliphatic rings. The van der Waals surface area contributed by atoms with E-state index in [2.05, 4.69) is 23.7 Å². The minimum absolute atomic E-state index is 0.593. The summed E-state index contributed by atoms with van der Waals surface area (Å²) in [5.74, 6) is 0. The molecule has 102 valence electrons. The van der Waals surface area contributed by atoms with Gasteiger partial charge in [-0.25, -0.2) is 0 Å². The summed E-state index contributed by atoms with van der Waals surface area (Å²) in [6, 6.07) is 2.89. The highest BCUT2D eigenvalue weighted by Crippen LogP contribution is 2.33. The Morgan fingerprint density at radius 3 is 3.17 bits per heavy atom. The van der Waals surface area contributed by atoms with Crippen LogP contribution in [0, 0.1) is 0 Å². The highest BCUT2D eigenvalue weighted by Gasteiger charge is 2.19. The van der Waals surface area contributed by atoms with Gasteiger partial charge in [0.05, 0.1) is 0 Å². The summed E-state index contributed by atoms with van der Waals surface area (Å²) in [4.78, 5) is 1.60. The van der Waals surface area contributed by atoms with Gasteiger partial charge in [-0.1, -0.05) is 13.3 Å². The standard InChI is InChI=1S/C15H25NOS/c1-2-3-10-17-11-5-9-16-14-6-4-7-15-13(14)8-12-18-15/h8,12,14,16H,2-7,9-11H2,1H3. The predicted octanol–water partition coefficient (Wildman–Crippen LogP) is 3.92. The molecule has 1 unspecified atom stereocenters. The molecule has 1 heterocycles. The van der Waals surface area contributed by atoms with Crippen molar-refractivity contribution in [2.45, 2.75) is 51.5 Å². The van der Waals surface area contributed by atoms with Crippen molar-refractivity contribution in [1.82, 2.24) is 5.32 Å². The topological polar surface area (TPSA) is 21.3 Å². The molecular weight excluding hydrogens is 242 g/mol. The second-order valence-electron chi connectivity index (χ2n) is 5.02. The Kier molecular flexibility index (Phi) is 6.18. The van der Waals surface area contributed by atoms with Crippen molar-refractivity contribution in [3.05, 3.63) is 21.9 Å². The maximum Gasteiger partial charge on any atom is 0.0478 e. The fraction of sp³-hybridized carbons (Fsp3) is 0.733. The van der Waals surface area contributed by atoms with Gasteiger partial charge in [-0.05, 0) is 55.7 Å². The maximum absolute atomic E-state index is 5.58. The van der Waals surface area contributed by atoms with Crippen molar-refractivity contribution < 1.29 is 4.74 Å². The van der Waals surface area contributed by atoms with E-state index in [0.29, 0.717) is 6.04 Å². The van der Waals surface area contributed by atoms with Crippen molar-refractivity contribution in [1.29, 1.82) is 0 Å². The van der Waals surface area contributed by atoms with E-state index in [1.807, 2.05) is 11.3 Å². The van der Waals surface area contributed by atoms with E-state index in [1.165, 1.54) is 32.1 Å². The number of hydrogen-bond donors (Lipinski definition) is 1. The molecule has 0 saturated heterocycles. The van der Waals surface area contributed by atoms with Gasteiger partial charge in [-0.2, -0.15) is 0 Å². The monoisotopic (exact) mass is 267 g/mol. The van der Waals surface area contributed by atoms with Gasteiger partial charge >= 0.3 is 0 Å². The van der Waals surface area contributed by atoms with Gasteiger partial charge < -0.3 is 10.1 Å². The van der Waals surface area contributed by atoms with Crippen molar-refractivity contribution in [2.24, 2.45) is 0 Å². The normalized spacial score (nSPS) is 18.8. The highest BCUT2D eigenvalue weighted by molar-refractivity contribution is 7.10. The molecule has 3 heteroatoms. The molecule has 1 aromatic rings. The third-order valence-electron chi connectivity index (χ3n) is 3.55. The SMILES string of the molecule is CCCCOCCCNC1CCCc2sccc21. The van der Waals surface area contributed by atoms with Crippen LogP contribution >= 0.6 is 11.3 Å². The molecular formula is C15H25NOS. The molecule has 0 bridgehead atoms. The summed E-state index contributed by atoms with van der Waals surface area (Å²) in [5.41, 5.74) is 1.55. The molecule has 1 aliphatic carbocycles. The molecule has 2 rings (SSSR count). The van der Waals surface area contributed by atoms with Crippen LogP contribution in [0.25, 0.3) is 0 Å². The molecule has 18 heavy (non-hydrogen) atoms. The molecule has 0 fully saturated rings. The van der Waals surface area contributed by atoms with Crippen LogP contribution in [0.3, 0.4) is 0 Å².